The minimum Gasteiger partial charge on any atom is -0.481 e. The summed E-state index contributed by atoms with van der Waals surface area (Å²) in [6.07, 6.45) is 3.59. The van der Waals surface area contributed by atoms with Crippen LogP contribution in [0.15, 0.2) is 5.38 Å². The molecule has 1 aliphatic carbocycles. The lowest BCUT2D eigenvalue weighted by atomic mass is 9.66. The summed E-state index contributed by atoms with van der Waals surface area (Å²) < 4.78 is 0. The molecule has 1 aliphatic rings. The van der Waals surface area contributed by atoms with E-state index in [1.54, 1.807) is 11.3 Å². The number of aliphatic carboxylic acids is 1. The van der Waals surface area contributed by atoms with Gasteiger partial charge in [-0.15, -0.1) is 11.3 Å². The standard InChI is InChI=1S/C17H27NO2S/c1-16(2,3)13-10-21-14(18-13)8-11-9-17(4,5)7-6-12(11)15(19)20/h10-12H,6-9H2,1-5H3,(H,19,20). The van der Waals surface area contributed by atoms with Crippen molar-refractivity contribution in [3.63, 3.8) is 0 Å². The number of rotatable bonds is 3. The maximum absolute atomic E-state index is 11.5. The van der Waals surface area contributed by atoms with Gasteiger partial charge in [-0.3, -0.25) is 4.79 Å². The van der Waals surface area contributed by atoms with Crippen LogP contribution in [0.1, 0.15) is 64.6 Å². The van der Waals surface area contributed by atoms with Crippen LogP contribution in [-0.2, 0) is 16.6 Å². The number of aromatic nitrogens is 1. The van der Waals surface area contributed by atoms with E-state index in [9.17, 15) is 9.90 Å². The summed E-state index contributed by atoms with van der Waals surface area (Å²) in [6, 6.07) is 0. The van der Waals surface area contributed by atoms with Crippen molar-refractivity contribution in [3.05, 3.63) is 16.1 Å². The molecule has 3 nitrogen and oxygen atoms in total. The highest BCUT2D eigenvalue weighted by atomic mass is 32.1. The average Bonchev–Trinajstić information content (AvgIpc) is 2.75. The second-order valence-electron chi connectivity index (χ2n) is 8.19. The second-order valence-corrected chi connectivity index (χ2v) is 9.14. The lowest BCUT2D eigenvalue weighted by Gasteiger charge is -2.38. The number of nitrogens with zero attached hydrogens (tertiary/aromatic N) is 1. The van der Waals surface area contributed by atoms with Gasteiger partial charge in [0.2, 0.25) is 0 Å². The molecule has 118 valence electrons. The molecule has 4 heteroatoms. The van der Waals surface area contributed by atoms with Crippen molar-refractivity contribution < 1.29 is 9.90 Å². The lowest BCUT2D eigenvalue weighted by molar-refractivity contribution is -0.146. The van der Waals surface area contributed by atoms with Gasteiger partial charge in [0.05, 0.1) is 16.6 Å². The number of hydrogen-bond acceptors (Lipinski definition) is 3. The maximum Gasteiger partial charge on any atom is 0.306 e. The monoisotopic (exact) mass is 309 g/mol. The molecular formula is C17H27NO2S. The van der Waals surface area contributed by atoms with Crippen molar-refractivity contribution in [2.24, 2.45) is 17.3 Å². The maximum atomic E-state index is 11.5. The molecule has 2 atom stereocenters. The number of carbonyl (C=O) groups is 1. The topological polar surface area (TPSA) is 50.2 Å². The van der Waals surface area contributed by atoms with Crippen LogP contribution in [0.3, 0.4) is 0 Å². The highest BCUT2D eigenvalue weighted by molar-refractivity contribution is 7.09. The molecule has 0 radical (unpaired) electrons. The van der Waals surface area contributed by atoms with Crippen molar-refractivity contribution in [2.75, 3.05) is 0 Å². The predicted octanol–water partition coefficient (Wildman–Crippen LogP) is 4.51. The van der Waals surface area contributed by atoms with Gasteiger partial charge in [-0.1, -0.05) is 34.6 Å². The van der Waals surface area contributed by atoms with Crippen molar-refractivity contribution in [1.29, 1.82) is 0 Å². The van der Waals surface area contributed by atoms with Gasteiger partial charge < -0.3 is 5.11 Å². The molecule has 0 amide bonds. The first kappa shape index (κ1) is 16.5. The van der Waals surface area contributed by atoms with E-state index in [1.165, 1.54) is 0 Å². The molecule has 1 aromatic heterocycles. The molecule has 1 heterocycles. The Hall–Kier alpha value is -0.900. The van der Waals surface area contributed by atoms with Crippen LogP contribution >= 0.6 is 11.3 Å². The van der Waals surface area contributed by atoms with Gasteiger partial charge in [-0.05, 0) is 30.6 Å². The zero-order chi connectivity index (χ0) is 15.8. The van der Waals surface area contributed by atoms with Crippen LogP contribution in [0, 0.1) is 17.3 Å². The lowest BCUT2D eigenvalue weighted by Crippen LogP contribution is -2.35. The van der Waals surface area contributed by atoms with Crippen LogP contribution in [0.25, 0.3) is 0 Å². The van der Waals surface area contributed by atoms with Crippen LogP contribution < -0.4 is 0 Å². The van der Waals surface area contributed by atoms with Crippen molar-refractivity contribution in [3.8, 4) is 0 Å². The number of carboxylic acid groups (broad SMARTS) is 1. The Labute approximate surface area is 131 Å². The van der Waals surface area contributed by atoms with E-state index >= 15 is 0 Å². The molecule has 21 heavy (non-hydrogen) atoms. The summed E-state index contributed by atoms with van der Waals surface area (Å²) in [4.78, 5) is 16.3. The molecule has 0 spiro atoms. The van der Waals surface area contributed by atoms with E-state index in [4.69, 9.17) is 4.98 Å². The van der Waals surface area contributed by atoms with E-state index in [2.05, 4.69) is 40.0 Å². The first-order valence-electron chi connectivity index (χ1n) is 7.76. The van der Waals surface area contributed by atoms with E-state index in [0.717, 1.165) is 36.4 Å². The molecule has 1 fully saturated rings. The summed E-state index contributed by atoms with van der Waals surface area (Å²) in [5.74, 6) is -0.631. The van der Waals surface area contributed by atoms with Crippen LogP contribution in [0.4, 0.5) is 0 Å². The van der Waals surface area contributed by atoms with E-state index in [1.807, 2.05) is 0 Å². The third-order valence-corrected chi connectivity index (χ3v) is 5.46. The summed E-state index contributed by atoms with van der Waals surface area (Å²) in [5, 5.41) is 12.7. The van der Waals surface area contributed by atoms with Gasteiger partial charge >= 0.3 is 5.97 Å². The van der Waals surface area contributed by atoms with Gasteiger partial charge in [0.1, 0.15) is 0 Å². The predicted molar refractivity (Wildman–Crippen MR) is 86.8 cm³/mol. The summed E-state index contributed by atoms with van der Waals surface area (Å²) in [7, 11) is 0. The quantitative estimate of drug-likeness (QED) is 0.893. The molecular weight excluding hydrogens is 282 g/mol. The molecule has 1 saturated carbocycles. The zero-order valence-electron chi connectivity index (χ0n) is 13.8. The largest absolute Gasteiger partial charge is 0.481 e. The Morgan fingerprint density at radius 1 is 1.48 bits per heavy atom. The molecule has 0 aliphatic heterocycles. The van der Waals surface area contributed by atoms with E-state index in [0.29, 0.717) is 0 Å². The van der Waals surface area contributed by atoms with Gasteiger partial charge in [0.25, 0.3) is 0 Å². The van der Waals surface area contributed by atoms with Crippen molar-refractivity contribution in [1.82, 2.24) is 4.98 Å². The molecule has 1 N–H and O–H groups in total. The van der Waals surface area contributed by atoms with Gasteiger partial charge in [0, 0.05) is 17.2 Å². The SMILES string of the molecule is CC1(C)CCC(C(=O)O)C(Cc2nc(C(C)(C)C)cs2)C1. The third-order valence-electron chi connectivity index (χ3n) is 4.59. The molecule has 0 bridgehead atoms. The van der Waals surface area contributed by atoms with E-state index in [-0.39, 0.29) is 22.7 Å². The Balaban J connectivity index is 2.14. The molecule has 2 unspecified atom stereocenters. The summed E-state index contributed by atoms with van der Waals surface area (Å²) in [5.41, 5.74) is 1.43. The van der Waals surface area contributed by atoms with Crippen molar-refractivity contribution >= 4 is 17.3 Å². The number of carboxylic acids is 1. The van der Waals surface area contributed by atoms with E-state index < -0.39 is 5.97 Å². The minimum atomic E-state index is -0.636. The van der Waals surface area contributed by atoms with Crippen LogP contribution in [0.5, 0.6) is 0 Å². The highest BCUT2D eigenvalue weighted by Gasteiger charge is 2.38. The van der Waals surface area contributed by atoms with Gasteiger partial charge in [-0.2, -0.15) is 0 Å². The van der Waals surface area contributed by atoms with Gasteiger partial charge in [-0.25, -0.2) is 4.98 Å². The summed E-state index contributed by atoms with van der Waals surface area (Å²) in [6.45, 7) is 11.0. The Kier molecular flexibility index (Phi) is 4.48. The fourth-order valence-electron chi connectivity index (χ4n) is 3.25. The van der Waals surface area contributed by atoms with Gasteiger partial charge in [0.15, 0.2) is 0 Å². The first-order valence-corrected chi connectivity index (χ1v) is 8.64. The smallest absolute Gasteiger partial charge is 0.306 e. The van der Waals surface area contributed by atoms with Crippen LogP contribution in [-0.4, -0.2) is 16.1 Å². The minimum absolute atomic E-state index is 0.0623. The number of hydrogen-bond donors (Lipinski definition) is 1. The molecule has 2 rings (SSSR count). The second kappa shape index (κ2) is 5.71. The molecule has 0 aromatic carbocycles. The average molecular weight is 309 g/mol. The summed E-state index contributed by atoms with van der Waals surface area (Å²) >= 11 is 1.68. The molecule has 1 aromatic rings. The Morgan fingerprint density at radius 3 is 2.67 bits per heavy atom. The fraction of sp³-hybridized carbons (Fsp3) is 0.765. The Morgan fingerprint density at radius 2 is 2.14 bits per heavy atom. The normalized spacial score (nSPS) is 25.8. The first-order chi connectivity index (χ1) is 9.58. The van der Waals surface area contributed by atoms with Crippen LogP contribution in [0.2, 0.25) is 0 Å². The Bertz CT molecular complexity index is 513. The highest BCUT2D eigenvalue weighted by Crippen LogP contribution is 2.43. The zero-order valence-corrected chi connectivity index (χ0v) is 14.6. The molecule has 0 saturated heterocycles. The third kappa shape index (κ3) is 4.06. The van der Waals surface area contributed by atoms with Crippen molar-refractivity contribution in [2.45, 2.75) is 65.7 Å². The fourth-order valence-corrected chi connectivity index (χ4v) is 4.36. The number of thiazole rings is 1.